The van der Waals surface area contributed by atoms with Crippen LogP contribution in [0.15, 0.2) is 231 Å². The van der Waals surface area contributed by atoms with Crippen LogP contribution in [-0.4, -0.2) is 14.2 Å². The van der Waals surface area contributed by atoms with Crippen LogP contribution in [0.4, 0.5) is 0 Å². The van der Waals surface area contributed by atoms with Crippen molar-refractivity contribution in [3.8, 4) is 11.5 Å². The second kappa shape index (κ2) is 16.3. The van der Waals surface area contributed by atoms with Gasteiger partial charge in [-0.05, 0) is 129 Å². The monoisotopic (exact) mass is 844 g/mol. The fourth-order valence-corrected chi connectivity index (χ4v) is 9.80. The minimum Gasteiger partial charge on any atom is -0.496 e. The summed E-state index contributed by atoms with van der Waals surface area (Å²) in [6.45, 7) is 0. The van der Waals surface area contributed by atoms with Crippen LogP contribution in [0.3, 0.4) is 0 Å². The van der Waals surface area contributed by atoms with E-state index in [-0.39, 0.29) is 0 Å². The Morgan fingerprint density at radius 3 is 0.561 bits per heavy atom. The van der Waals surface area contributed by atoms with Crippen LogP contribution in [0.5, 0.6) is 11.5 Å². The second-order valence-electron chi connectivity index (χ2n) is 17.2. The maximum absolute atomic E-state index is 6.18. The zero-order valence-electron chi connectivity index (χ0n) is 36.8. The summed E-state index contributed by atoms with van der Waals surface area (Å²) >= 11 is 0. The average molecular weight is 845 g/mol. The van der Waals surface area contributed by atoms with Crippen molar-refractivity contribution in [3.63, 3.8) is 0 Å². The van der Waals surface area contributed by atoms with E-state index in [1.807, 2.05) is 0 Å². The van der Waals surface area contributed by atoms with Crippen LogP contribution < -0.4 is 9.47 Å². The molecule has 0 heterocycles. The summed E-state index contributed by atoms with van der Waals surface area (Å²) in [7, 11) is 3.51. The van der Waals surface area contributed by atoms with Crippen LogP contribution in [0.25, 0.3) is 21.5 Å². The van der Waals surface area contributed by atoms with Crippen molar-refractivity contribution in [1.29, 1.82) is 0 Å². The third kappa shape index (κ3) is 7.01. The standard InChI is InChI=1S/C64H44O2/c1-65-61-37-35-55-31-33-57-39-59(55)63(61)64-60-40-58(34-32-56(60)36-38-62(64)66-2)54-29-25-52(26-30-54)50-21-17-48(18-22-50)46-13-9-44(10-14-46)42-5-3-41(4-6-42)43-7-11-45(12-8-43)47-15-19-49(20-16-47)51-23-27-53(57)28-24-51/h3-40H,1-2H3. The van der Waals surface area contributed by atoms with E-state index >= 15 is 0 Å². The van der Waals surface area contributed by atoms with Gasteiger partial charge in [0, 0.05) is 10.4 Å². The average Bonchev–Trinajstić information content (AvgIpc) is 3.40. The highest BCUT2D eigenvalue weighted by Crippen LogP contribution is 2.32. The first-order chi connectivity index (χ1) is 32.6. The quantitative estimate of drug-likeness (QED) is 0.173. The molecule has 66 heavy (non-hydrogen) atoms. The predicted molar refractivity (Wildman–Crippen MR) is 265 cm³/mol. The summed E-state index contributed by atoms with van der Waals surface area (Å²) in [5.41, 5.74) is 0. The minimum absolute atomic E-state index is 0.798. The molecular weight excluding hydrogens is 801 g/mol. The predicted octanol–water partition coefficient (Wildman–Crippen LogP) is 13.9. The number of benzene rings is 11. The first kappa shape index (κ1) is 39.2. The third-order valence-electron chi connectivity index (χ3n) is 13.5. The summed E-state index contributed by atoms with van der Waals surface area (Å²) in [6, 6.07) is 84.2. The molecule has 0 N–H and O–H groups in total. The maximum atomic E-state index is 6.18. The molecular formula is C64H44O2. The highest BCUT2D eigenvalue weighted by atomic mass is 16.5. The van der Waals surface area contributed by atoms with Crippen LogP contribution in [0, 0.1) is 93.9 Å². The van der Waals surface area contributed by atoms with Gasteiger partial charge < -0.3 is 9.47 Å². The maximum Gasteiger partial charge on any atom is 0.127 e. The Kier molecular flexibility index (Phi) is 9.65. The zero-order chi connectivity index (χ0) is 44.1. The molecule has 13 aliphatic carbocycles. The van der Waals surface area contributed by atoms with Crippen molar-refractivity contribution < 1.29 is 9.47 Å². The summed E-state index contributed by atoms with van der Waals surface area (Å²) in [4.78, 5) is 0. The molecule has 11 aromatic carbocycles. The molecule has 0 amide bonds. The van der Waals surface area contributed by atoms with E-state index in [0.717, 1.165) is 64.4 Å². The van der Waals surface area contributed by atoms with Crippen LogP contribution in [-0.2, 0) is 0 Å². The highest BCUT2D eigenvalue weighted by Gasteiger charge is 2.10. The van der Waals surface area contributed by atoms with Crippen molar-refractivity contribution in [1.82, 2.24) is 0 Å². The van der Waals surface area contributed by atoms with Gasteiger partial charge in [0.05, 0.1) is 14.2 Å². The van der Waals surface area contributed by atoms with Gasteiger partial charge in [-0.25, -0.2) is 0 Å². The molecule has 0 fully saturated rings. The fraction of sp³-hybridized carbons (Fsp3) is 0.0312. The van der Waals surface area contributed by atoms with Gasteiger partial charge in [-0.2, -0.15) is 0 Å². The molecule has 13 aliphatic rings. The number of methoxy groups -OCH3 is 2. The van der Waals surface area contributed by atoms with Crippen LogP contribution in [0.1, 0.15) is 0 Å². The minimum atomic E-state index is 0.798. The summed E-state index contributed by atoms with van der Waals surface area (Å²) < 4.78 is 12.4. The van der Waals surface area contributed by atoms with Crippen molar-refractivity contribution >= 4 is 21.5 Å². The Morgan fingerprint density at radius 2 is 0.364 bits per heavy atom. The lowest BCUT2D eigenvalue weighted by Crippen LogP contribution is -1.93. The molecule has 0 spiro atoms. The fourth-order valence-electron chi connectivity index (χ4n) is 9.80. The van der Waals surface area contributed by atoms with Gasteiger partial charge in [-0.3, -0.25) is 0 Å². The molecule has 0 aliphatic heterocycles. The first-order valence-electron chi connectivity index (χ1n) is 22.5. The Bertz CT molecular complexity index is 4280. The van der Waals surface area contributed by atoms with Crippen molar-refractivity contribution in [2.45, 2.75) is 0 Å². The normalized spacial score (nSPS) is 11.5. The molecule has 0 saturated heterocycles. The van der Waals surface area contributed by atoms with Crippen LogP contribution >= 0.6 is 0 Å². The number of fused-ring (bicyclic) bond motifs is 1. The molecule has 0 saturated carbocycles. The van der Waals surface area contributed by atoms with Gasteiger partial charge in [0.15, 0.2) is 0 Å². The smallest absolute Gasteiger partial charge is 0.127 e. The number of rotatable bonds is 2. The summed E-state index contributed by atoms with van der Waals surface area (Å²) in [5, 5.41) is 25.4. The summed E-state index contributed by atoms with van der Waals surface area (Å²) in [5.74, 6) is 1.60. The Balaban J connectivity index is 1.16. The Hall–Kier alpha value is -8.46. The van der Waals surface area contributed by atoms with E-state index in [1.54, 1.807) is 14.2 Å². The molecule has 0 atom stereocenters. The van der Waals surface area contributed by atoms with E-state index in [2.05, 4.69) is 231 Å². The van der Waals surface area contributed by atoms with E-state index in [4.69, 9.17) is 9.47 Å². The third-order valence-corrected chi connectivity index (χ3v) is 13.5. The lowest BCUT2D eigenvalue weighted by atomic mass is 9.99. The van der Waals surface area contributed by atoms with Gasteiger partial charge in [-0.15, -0.1) is 0 Å². The molecule has 11 aromatic rings. The Labute approximate surface area is 379 Å². The number of ether oxygens (including phenoxy) is 2. The molecule has 2 heteroatoms. The largest absolute Gasteiger partial charge is 0.496 e. The lowest BCUT2D eigenvalue weighted by molar-refractivity contribution is 0.406. The Morgan fingerprint density at radius 1 is 0.197 bits per heavy atom. The van der Waals surface area contributed by atoms with E-state index in [1.165, 1.54) is 62.6 Å². The van der Waals surface area contributed by atoms with E-state index < -0.39 is 0 Å². The van der Waals surface area contributed by atoms with E-state index in [0.29, 0.717) is 0 Å². The van der Waals surface area contributed by atoms with E-state index in [9.17, 15) is 0 Å². The summed E-state index contributed by atoms with van der Waals surface area (Å²) in [6.07, 6.45) is 0. The molecule has 0 unspecified atom stereocenters. The molecule has 24 rings (SSSR count). The van der Waals surface area contributed by atoms with Crippen LogP contribution in [0.2, 0.25) is 0 Å². The van der Waals surface area contributed by atoms with Crippen molar-refractivity contribution in [2.24, 2.45) is 0 Å². The molecule has 312 valence electrons. The highest BCUT2D eigenvalue weighted by molar-refractivity contribution is 5.90. The van der Waals surface area contributed by atoms with Gasteiger partial charge in [0.1, 0.15) is 11.5 Å². The molecule has 0 radical (unpaired) electrons. The number of hydrogen-bond donors (Lipinski definition) is 0. The second-order valence-corrected chi connectivity index (χ2v) is 17.2. The molecule has 0 aromatic heterocycles. The molecule has 2 nitrogen and oxygen atoms in total. The van der Waals surface area contributed by atoms with Gasteiger partial charge in [0.2, 0.25) is 0 Å². The SMILES string of the molecule is COc1ccc2ccc3cc2c1=c1c(OC)ccc2ccc(cc12)=c1ccc(cc1)=c1ccc(cc1)=c1ccc(cc1)=c1ccc(cc1)=c1ccc(cc1)=c1ccc(cc1)=c1ccc=3cc1. The first-order valence-corrected chi connectivity index (χ1v) is 22.5. The van der Waals surface area contributed by atoms with Gasteiger partial charge >= 0.3 is 0 Å². The zero-order valence-corrected chi connectivity index (χ0v) is 36.8. The molecule has 18 bridgehead atoms. The van der Waals surface area contributed by atoms with Crippen molar-refractivity contribution in [3.05, 3.63) is 324 Å². The lowest BCUT2D eigenvalue weighted by Gasteiger charge is -2.11. The topological polar surface area (TPSA) is 18.5 Å². The van der Waals surface area contributed by atoms with Gasteiger partial charge in [-0.1, -0.05) is 206 Å². The van der Waals surface area contributed by atoms with Crippen molar-refractivity contribution in [2.75, 3.05) is 14.2 Å². The van der Waals surface area contributed by atoms with Gasteiger partial charge in [0.25, 0.3) is 0 Å². The number of hydrogen-bond acceptors (Lipinski definition) is 2.